The van der Waals surface area contributed by atoms with Crippen molar-refractivity contribution in [3.8, 4) is 0 Å². The minimum atomic E-state index is -1.00. The zero-order valence-corrected chi connectivity index (χ0v) is 11.3. The van der Waals surface area contributed by atoms with Crippen LogP contribution in [0, 0.1) is 19.8 Å². The molecular weight excluding hydrogens is 256 g/mol. The van der Waals surface area contributed by atoms with Gasteiger partial charge in [0, 0.05) is 11.4 Å². The Bertz CT molecular complexity index is 438. The number of nitrogens with zero attached hydrogens (tertiary/aromatic N) is 2. The number of aliphatic carboxylic acids is 2. The van der Waals surface area contributed by atoms with E-state index in [0.29, 0.717) is 5.13 Å². The summed E-state index contributed by atoms with van der Waals surface area (Å²) in [5, 5.41) is 18.3. The Morgan fingerprint density at radius 3 is 2.39 bits per heavy atom. The predicted octanol–water partition coefficient (Wildman–Crippen LogP) is 1.37. The highest BCUT2D eigenvalue weighted by Crippen LogP contribution is 2.25. The zero-order valence-electron chi connectivity index (χ0n) is 10.5. The number of aromatic nitrogens is 1. The molecule has 1 rings (SSSR count). The molecule has 2 N–H and O–H groups in total. The van der Waals surface area contributed by atoms with Gasteiger partial charge in [-0.15, -0.1) is 11.3 Å². The summed E-state index contributed by atoms with van der Waals surface area (Å²) in [6.07, 6.45) is 0. The summed E-state index contributed by atoms with van der Waals surface area (Å²) < 4.78 is 0. The second-order valence-corrected chi connectivity index (χ2v) is 5.33. The van der Waals surface area contributed by atoms with Crippen molar-refractivity contribution in [2.24, 2.45) is 5.92 Å². The fourth-order valence-corrected chi connectivity index (χ4v) is 2.29. The first-order chi connectivity index (χ1) is 8.31. The quantitative estimate of drug-likeness (QED) is 0.812. The Balaban J connectivity index is 2.90. The van der Waals surface area contributed by atoms with Gasteiger partial charge in [-0.1, -0.05) is 6.92 Å². The van der Waals surface area contributed by atoms with Crippen LogP contribution in [0.4, 0.5) is 5.13 Å². The molecule has 6 nitrogen and oxygen atoms in total. The topological polar surface area (TPSA) is 90.7 Å². The van der Waals surface area contributed by atoms with Crippen LogP contribution >= 0.6 is 11.3 Å². The molecule has 100 valence electrons. The Morgan fingerprint density at radius 1 is 1.39 bits per heavy atom. The lowest BCUT2D eigenvalue weighted by atomic mass is 10.2. The maximum atomic E-state index is 10.8. The van der Waals surface area contributed by atoms with Crippen molar-refractivity contribution in [2.75, 3.05) is 18.0 Å². The van der Waals surface area contributed by atoms with Gasteiger partial charge in [-0.3, -0.25) is 9.59 Å². The molecule has 0 saturated heterocycles. The second kappa shape index (κ2) is 5.81. The summed E-state index contributed by atoms with van der Waals surface area (Å²) in [5.41, 5.74) is 0.841. The molecule has 0 fully saturated rings. The van der Waals surface area contributed by atoms with Crippen LogP contribution in [0.15, 0.2) is 0 Å². The molecule has 0 aliphatic rings. The summed E-state index contributed by atoms with van der Waals surface area (Å²) >= 11 is 1.38. The summed E-state index contributed by atoms with van der Waals surface area (Å²) in [6, 6.07) is 0. The monoisotopic (exact) mass is 272 g/mol. The van der Waals surface area contributed by atoms with E-state index in [-0.39, 0.29) is 13.1 Å². The number of thiazole rings is 1. The summed E-state index contributed by atoms with van der Waals surface area (Å²) in [4.78, 5) is 28.4. The number of hydrogen-bond acceptors (Lipinski definition) is 5. The van der Waals surface area contributed by atoms with Crippen molar-refractivity contribution in [1.82, 2.24) is 4.98 Å². The molecule has 0 aliphatic carbocycles. The third-order valence-electron chi connectivity index (χ3n) is 2.53. The summed E-state index contributed by atoms with van der Waals surface area (Å²) in [7, 11) is 0. The smallest absolute Gasteiger partial charge is 0.323 e. The average molecular weight is 272 g/mol. The van der Waals surface area contributed by atoms with Crippen molar-refractivity contribution in [1.29, 1.82) is 0 Å². The molecule has 0 aromatic carbocycles. The first kappa shape index (κ1) is 14.4. The van der Waals surface area contributed by atoms with Gasteiger partial charge < -0.3 is 15.1 Å². The minimum Gasteiger partial charge on any atom is -0.481 e. The van der Waals surface area contributed by atoms with Crippen LogP contribution in [0.25, 0.3) is 0 Å². The highest BCUT2D eigenvalue weighted by Gasteiger charge is 2.21. The molecule has 0 radical (unpaired) electrons. The molecule has 1 atom stereocenters. The van der Waals surface area contributed by atoms with Gasteiger partial charge in [-0.25, -0.2) is 4.98 Å². The van der Waals surface area contributed by atoms with E-state index in [1.54, 1.807) is 6.92 Å². The van der Waals surface area contributed by atoms with Crippen LogP contribution in [0.3, 0.4) is 0 Å². The molecule has 1 aromatic heterocycles. The first-order valence-electron chi connectivity index (χ1n) is 5.44. The van der Waals surface area contributed by atoms with E-state index in [9.17, 15) is 9.59 Å². The van der Waals surface area contributed by atoms with Crippen LogP contribution in [0.1, 0.15) is 17.5 Å². The second-order valence-electron chi connectivity index (χ2n) is 4.15. The Morgan fingerprint density at radius 2 is 2.00 bits per heavy atom. The normalized spacial score (nSPS) is 12.2. The van der Waals surface area contributed by atoms with Gasteiger partial charge in [-0.05, 0) is 13.8 Å². The van der Waals surface area contributed by atoms with Crippen LogP contribution in [0.5, 0.6) is 0 Å². The van der Waals surface area contributed by atoms with Crippen LogP contribution in [-0.2, 0) is 9.59 Å². The number of carboxylic acids is 2. The van der Waals surface area contributed by atoms with Crippen molar-refractivity contribution < 1.29 is 19.8 Å². The number of rotatable bonds is 6. The average Bonchev–Trinajstić information content (AvgIpc) is 2.57. The molecule has 0 bridgehead atoms. The minimum absolute atomic E-state index is 0.133. The number of carbonyl (C=O) groups is 2. The van der Waals surface area contributed by atoms with Gasteiger partial charge in [0.25, 0.3) is 0 Å². The molecule has 7 heteroatoms. The molecule has 1 heterocycles. The number of anilines is 1. The van der Waals surface area contributed by atoms with Crippen LogP contribution in [-0.4, -0.2) is 40.2 Å². The molecular formula is C11H16N2O4S. The maximum Gasteiger partial charge on any atom is 0.323 e. The lowest BCUT2D eigenvalue weighted by Crippen LogP contribution is -2.35. The van der Waals surface area contributed by atoms with Crippen molar-refractivity contribution in [3.63, 3.8) is 0 Å². The SMILES string of the molecule is Cc1nc(N(CC(=O)O)CC(C)C(=O)O)sc1C. The third-order valence-corrected chi connectivity index (χ3v) is 3.66. The zero-order chi connectivity index (χ0) is 13.9. The summed E-state index contributed by atoms with van der Waals surface area (Å²) in [5.74, 6) is -2.60. The van der Waals surface area contributed by atoms with E-state index >= 15 is 0 Å². The molecule has 0 aliphatic heterocycles. The van der Waals surface area contributed by atoms with Gasteiger partial charge in [0.15, 0.2) is 5.13 Å². The van der Waals surface area contributed by atoms with Crippen molar-refractivity contribution >= 4 is 28.4 Å². The van der Waals surface area contributed by atoms with E-state index in [1.807, 2.05) is 13.8 Å². The van der Waals surface area contributed by atoms with E-state index in [4.69, 9.17) is 10.2 Å². The maximum absolute atomic E-state index is 10.8. The Labute approximate surface area is 109 Å². The predicted molar refractivity (Wildman–Crippen MR) is 68.2 cm³/mol. The van der Waals surface area contributed by atoms with Crippen molar-refractivity contribution in [2.45, 2.75) is 20.8 Å². The Hall–Kier alpha value is -1.63. The third kappa shape index (κ3) is 3.69. The number of carboxylic acid groups (broad SMARTS) is 2. The van der Waals surface area contributed by atoms with Gasteiger partial charge in [-0.2, -0.15) is 0 Å². The molecule has 1 aromatic rings. The number of aryl methyl sites for hydroxylation is 2. The van der Waals surface area contributed by atoms with Crippen LogP contribution < -0.4 is 4.90 Å². The standard InChI is InChI=1S/C11H16N2O4S/c1-6(10(16)17)4-13(5-9(14)15)11-12-7(2)8(3)18-11/h6H,4-5H2,1-3H3,(H,14,15)(H,16,17). The molecule has 18 heavy (non-hydrogen) atoms. The highest BCUT2D eigenvalue weighted by molar-refractivity contribution is 7.15. The van der Waals surface area contributed by atoms with Crippen LogP contribution in [0.2, 0.25) is 0 Å². The van der Waals surface area contributed by atoms with Gasteiger partial charge in [0.2, 0.25) is 0 Å². The van der Waals surface area contributed by atoms with E-state index in [1.165, 1.54) is 16.2 Å². The van der Waals surface area contributed by atoms with Gasteiger partial charge in [0.1, 0.15) is 6.54 Å². The van der Waals surface area contributed by atoms with Gasteiger partial charge >= 0.3 is 11.9 Å². The van der Waals surface area contributed by atoms with E-state index < -0.39 is 17.9 Å². The largest absolute Gasteiger partial charge is 0.481 e. The lowest BCUT2D eigenvalue weighted by molar-refractivity contribution is -0.141. The van der Waals surface area contributed by atoms with Gasteiger partial charge in [0.05, 0.1) is 11.6 Å². The molecule has 0 saturated carbocycles. The Kier molecular flexibility index (Phi) is 4.66. The molecule has 0 amide bonds. The summed E-state index contributed by atoms with van der Waals surface area (Å²) in [6.45, 7) is 5.17. The first-order valence-corrected chi connectivity index (χ1v) is 6.26. The highest BCUT2D eigenvalue weighted by atomic mass is 32.1. The van der Waals surface area contributed by atoms with E-state index in [0.717, 1.165) is 10.6 Å². The number of hydrogen-bond donors (Lipinski definition) is 2. The van der Waals surface area contributed by atoms with Crippen molar-refractivity contribution in [3.05, 3.63) is 10.6 Å². The fourth-order valence-electron chi connectivity index (χ4n) is 1.37. The van der Waals surface area contributed by atoms with E-state index in [2.05, 4.69) is 4.98 Å². The molecule has 1 unspecified atom stereocenters. The lowest BCUT2D eigenvalue weighted by Gasteiger charge is -2.21. The fraction of sp³-hybridized carbons (Fsp3) is 0.545. The molecule has 0 spiro atoms.